The Bertz CT molecular complexity index is 724. The molecule has 1 saturated carbocycles. The molecule has 1 aliphatic carbocycles. The van der Waals surface area contributed by atoms with Crippen LogP contribution in [0.3, 0.4) is 0 Å². The second-order valence-electron chi connectivity index (χ2n) is 6.46. The second kappa shape index (κ2) is 6.70. The van der Waals surface area contributed by atoms with Crippen molar-refractivity contribution >= 4 is 23.7 Å². The topological polar surface area (TPSA) is 99.3 Å². The molecule has 2 fully saturated rings. The van der Waals surface area contributed by atoms with Crippen molar-refractivity contribution in [2.75, 3.05) is 11.9 Å². The molecule has 4 N–H and O–H groups in total. The maximum Gasteiger partial charge on any atom is 0.322 e. The van der Waals surface area contributed by atoms with Gasteiger partial charge in [0.05, 0.1) is 0 Å². The molecule has 0 bridgehead atoms. The minimum atomic E-state index is -0.931. The molecule has 134 valence electrons. The van der Waals surface area contributed by atoms with Gasteiger partial charge in [0.1, 0.15) is 11.4 Å². The zero-order valence-corrected chi connectivity index (χ0v) is 13.9. The van der Waals surface area contributed by atoms with Gasteiger partial charge in [0.25, 0.3) is 5.91 Å². The van der Waals surface area contributed by atoms with Crippen LogP contribution in [0.4, 0.5) is 19.7 Å². The highest BCUT2D eigenvalue weighted by Crippen LogP contribution is 2.37. The third kappa shape index (κ3) is 3.29. The van der Waals surface area contributed by atoms with Gasteiger partial charge in [0, 0.05) is 18.2 Å². The molecule has 25 heavy (non-hydrogen) atoms. The lowest BCUT2D eigenvalue weighted by atomic mass is 9.87. The van der Waals surface area contributed by atoms with E-state index in [1.54, 1.807) is 12.1 Å². The van der Waals surface area contributed by atoms with Crippen LogP contribution in [-0.2, 0) is 11.2 Å². The standard InChI is InChI=1S/C17H21FN4O3/c1-2-10-5-6-12(8-13(10)18)20-15(24)19-9-11-4-3-7-17(11)14(23)21-16(25)22-17/h5-6,8,11H,2-4,7,9H2,1H3,(H2,19,20,24)(H2,21,22,23,25)/t11-,17-/m0/s1. The van der Waals surface area contributed by atoms with Gasteiger partial charge in [0.15, 0.2) is 0 Å². The SMILES string of the molecule is CCc1ccc(NC(=O)NC[C@@H]2CCC[C@]23NC(=O)NC3=O)cc1F. The fraction of sp³-hybridized carbons (Fsp3) is 0.471. The molecule has 2 aliphatic rings. The summed E-state index contributed by atoms with van der Waals surface area (Å²) in [6, 6.07) is 3.58. The predicted molar refractivity (Wildman–Crippen MR) is 89.5 cm³/mol. The van der Waals surface area contributed by atoms with Crippen LogP contribution < -0.4 is 21.3 Å². The second-order valence-corrected chi connectivity index (χ2v) is 6.46. The van der Waals surface area contributed by atoms with Crippen LogP contribution in [-0.4, -0.2) is 30.1 Å². The number of urea groups is 2. The summed E-state index contributed by atoms with van der Waals surface area (Å²) in [6.45, 7) is 2.10. The molecule has 7 nitrogen and oxygen atoms in total. The van der Waals surface area contributed by atoms with Crippen molar-refractivity contribution in [3.8, 4) is 0 Å². The summed E-state index contributed by atoms with van der Waals surface area (Å²) < 4.78 is 13.8. The van der Waals surface area contributed by atoms with Gasteiger partial charge >= 0.3 is 12.1 Å². The third-order valence-electron chi connectivity index (χ3n) is 4.99. The Labute approximate surface area is 144 Å². The minimum absolute atomic E-state index is 0.177. The van der Waals surface area contributed by atoms with Crippen molar-refractivity contribution in [1.82, 2.24) is 16.0 Å². The Balaban J connectivity index is 1.58. The largest absolute Gasteiger partial charge is 0.337 e. The van der Waals surface area contributed by atoms with Gasteiger partial charge in [-0.1, -0.05) is 19.4 Å². The fourth-order valence-corrected chi connectivity index (χ4v) is 3.63. The van der Waals surface area contributed by atoms with Crippen LogP contribution in [0.2, 0.25) is 0 Å². The zero-order chi connectivity index (χ0) is 18.0. The first-order valence-corrected chi connectivity index (χ1v) is 8.41. The molecule has 3 rings (SSSR count). The first-order valence-electron chi connectivity index (χ1n) is 8.41. The van der Waals surface area contributed by atoms with Crippen molar-refractivity contribution in [3.05, 3.63) is 29.6 Å². The van der Waals surface area contributed by atoms with E-state index in [-0.39, 0.29) is 24.2 Å². The Kier molecular flexibility index (Phi) is 4.61. The number of halogens is 1. The third-order valence-corrected chi connectivity index (χ3v) is 4.99. The predicted octanol–water partition coefficient (Wildman–Crippen LogP) is 1.89. The number of aryl methyl sites for hydroxylation is 1. The number of carbonyl (C=O) groups excluding carboxylic acids is 3. The molecule has 8 heteroatoms. The molecule has 0 aromatic heterocycles. The lowest BCUT2D eigenvalue weighted by Crippen LogP contribution is -2.53. The summed E-state index contributed by atoms with van der Waals surface area (Å²) in [5.74, 6) is -0.872. The van der Waals surface area contributed by atoms with Crippen LogP contribution in [0.5, 0.6) is 0 Å². The number of anilines is 1. The fourth-order valence-electron chi connectivity index (χ4n) is 3.63. The van der Waals surface area contributed by atoms with Gasteiger partial charge in [-0.05, 0) is 37.0 Å². The van der Waals surface area contributed by atoms with Gasteiger partial charge in [0.2, 0.25) is 0 Å². The van der Waals surface area contributed by atoms with Crippen molar-refractivity contribution < 1.29 is 18.8 Å². The first-order chi connectivity index (χ1) is 11.9. The van der Waals surface area contributed by atoms with Crippen LogP contribution in [0, 0.1) is 11.7 Å². The van der Waals surface area contributed by atoms with E-state index in [4.69, 9.17) is 0 Å². The molecular weight excluding hydrogens is 327 g/mol. The number of rotatable bonds is 4. The summed E-state index contributed by atoms with van der Waals surface area (Å²) in [5, 5.41) is 10.2. The number of carbonyl (C=O) groups is 3. The van der Waals surface area contributed by atoms with Crippen LogP contribution >= 0.6 is 0 Å². The van der Waals surface area contributed by atoms with Gasteiger partial charge in [-0.3, -0.25) is 10.1 Å². The number of nitrogens with one attached hydrogen (secondary N) is 4. The molecule has 1 heterocycles. The summed E-state index contributed by atoms with van der Waals surface area (Å²) in [5.41, 5.74) is 0.0151. The normalized spacial score (nSPS) is 25.0. The van der Waals surface area contributed by atoms with E-state index < -0.39 is 17.6 Å². The molecule has 1 aliphatic heterocycles. The van der Waals surface area contributed by atoms with Crippen molar-refractivity contribution in [3.63, 3.8) is 0 Å². The van der Waals surface area contributed by atoms with Gasteiger partial charge in [-0.25, -0.2) is 14.0 Å². The first kappa shape index (κ1) is 17.2. The maximum absolute atomic E-state index is 13.8. The molecule has 0 unspecified atom stereocenters. The quantitative estimate of drug-likeness (QED) is 0.625. The smallest absolute Gasteiger partial charge is 0.322 e. The molecule has 1 aromatic rings. The van der Waals surface area contributed by atoms with Gasteiger partial charge < -0.3 is 16.0 Å². The Hall–Kier alpha value is -2.64. The lowest BCUT2D eigenvalue weighted by molar-refractivity contribution is -0.125. The lowest BCUT2D eigenvalue weighted by Gasteiger charge is -2.28. The monoisotopic (exact) mass is 348 g/mol. The van der Waals surface area contributed by atoms with E-state index in [0.717, 1.165) is 12.8 Å². The number of imide groups is 1. The van der Waals surface area contributed by atoms with Crippen molar-refractivity contribution in [1.29, 1.82) is 0 Å². The van der Waals surface area contributed by atoms with Gasteiger partial charge in [-0.15, -0.1) is 0 Å². The maximum atomic E-state index is 13.8. The number of benzene rings is 1. The molecule has 2 atom stereocenters. The van der Waals surface area contributed by atoms with Crippen molar-refractivity contribution in [2.45, 2.75) is 38.1 Å². The van der Waals surface area contributed by atoms with Crippen molar-refractivity contribution in [2.24, 2.45) is 5.92 Å². The van der Waals surface area contributed by atoms with Crippen LogP contribution in [0.1, 0.15) is 31.7 Å². The summed E-state index contributed by atoms with van der Waals surface area (Å²) in [6.07, 6.45) is 2.66. The highest BCUT2D eigenvalue weighted by atomic mass is 19.1. The summed E-state index contributed by atoms with van der Waals surface area (Å²) in [4.78, 5) is 35.6. The molecule has 0 radical (unpaired) electrons. The zero-order valence-electron chi connectivity index (χ0n) is 13.9. The van der Waals surface area contributed by atoms with E-state index in [1.807, 2.05) is 6.92 Å². The summed E-state index contributed by atoms with van der Waals surface area (Å²) >= 11 is 0. The Morgan fingerprint density at radius 1 is 1.40 bits per heavy atom. The average Bonchev–Trinajstić information content (AvgIpc) is 3.09. The summed E-state index contributed by atoms with van der Waals surface area (Å²) in [7, 11) is 0. The van der Waals surface area contributed by atoms with E-state index in [9.17, 15) is 18.8 Å². The molecule has 1 spiro atoms. The van der Waals surface area contributed by atoms with Crippen LogP contribution in [0.15, 0.2) is 18.2 Å². The number of hydrogen-bond donors (Lipinski definition) is 4. The molecule has 1 saturated heterocycles. The number of amides is 5. The Morgan fingerprint density at radius 3 is 2.84 bits per heavy atom. The van der Waals surface area contributed by atoms with Gasteiger partial charge in [-0.2, -0.15) is 0 Å². The van der Waals surface area contributed by atoms with E-state index in [0.29, 0.717) is 24.1 Å². The Morgan fingerprint density at radius 2 is 2.20 bits per heavy atom. The molecular formula is C17H21FN4O3. The number of hydrogen-bond acceptors (Lipinski definition) is 3. The average molecular weight is 348 g/mol. The van der Waals surface area contributed by atoms with E-state index >= 15 is 0 Å². The minimum Gasteiger partial charge on any atom is -0.337 e. The molecule has 1 aromatic carbocycles. The highest BCUT2D eigenvalue weighted by molar-refractivity contribution is 6.07. The highest BCUT2D eigenvalue weighted by Gasteiger charge is 2.54. The van der Waals surface area contributed by atoms with Crippen LogP contribution in [0.25, 0.3) is 0 Å². The van der Waals surface area contributed by atoms with E-state index in [2.05, 4.69) is 21.3 Å². The molecule has 5 amide bonds. The van der Waals surface area contributed by atoms with E-state index in [1.165, 1.54) is 6.07 Å².